The van der Waals surface area contributed by atoms with Gasteiger partial charge in [-0.15, -0.1) is 13.2 Å². The molecule has 0 N–H and O–H groups in total. The van der Waals surface area contributed by atoms with Crippen LogP contribution in [0.1, 0.15) is 50.0 Å². The molecule has 1 fully saturated rings. The van der Waals surface area contributed by atoms with E-state index in [0.717, 1.165) is 44.1 Å². The van der Waals surface area contributed by atoms with E-state index >= 15 is 0 Å². The number of hydrogen-bond acceptors (Lipinski definition) is 3. The van der Waals surface area contributed by atoms with Gasteiger partial charge in [0.25, 0.3) is 0 Å². The molecular weight excluding hydrogens is 331 g/mol. The molecule has 0 unspecified atom stereocenters. The lowest BCUT2D eigenvalue weighted by atomic mass is 9.74. The van der Waals surface area contributed by atoms with Gasteiger partial charge in [-0.25, -0.2) is 0 Å². The molecule has 2 rings (SSSR count). The highest BCUT2D eigenvalue weighted by atomic mass is 19.4. The molecular formula is C19H22F3NO2. The molecule has 1 aliphatic carbocycles. The Morgan fingerprint density at radius 3 is 2.40 bits per heavy atom. The Balaban J connectivity index is 1.92. The zero-order valence-electron chi connectivity index (χ0n) is 14.2. The number of nitrogens with zero attached hydrogens (tertiary/aromatic N) is 1. The van der Waals surface area contributed by atoms with E-state index in [2.05, 4.69) is 4.74 Å². The molecule has 1 aliphatic rings. The summed E-state index contributed by atoms with van der Waals surface area (Å²) in [5, 5.41) is 8.53. The lowest BCUT2D eigenvalue weighted by Gasteiger charge is -2.39. The van der Waals surface area contributed by atoms with Gasteiger partial charge < -0.3 is 9.47 Å². The van der Waals surface area contributed by atoms with Crippen molar-refractivity contribution in [1.29, 1.82) is 5.26 Å². The largest absolute Gasteiger partial charge is 0.573 e. The van der Waals surface area contributed by atoms with E-state index < -0.39 is 6.36 Å². The van der Waals surface area contributed by atoms with Crippen LogP contribution < -0.4 is 4.74 Å². The van der Waals surface area contributed by atoms with Gasteiger partial charge in [0.15, 0.2) is 0 Å². The number of benzene rings is 1. The molecule has 0 heterocycles. The summed E-state index contributed by atoms with van der Waals surface area (Å²) in [5.74, 6) is 0.125. The molecule has 1 saturated carbocycles. The highest BCUT2D eigenvalue weighted by Gasteiger charge is 2.35. The molecule has 1 aromatic rings. The summed E-state index contributed by atoms with van der Waals surface area (Å²) in [6.07, 6.45) is 3.99. The van der Waals surface area contributed by atoms with Crippen LogP contribution in [0.2, 0.25) is 0 Å². The third kappa shape index (κ3) is 5.79. The Hall–Kier alpha value is -2.00. The predicted octanol–water partition coefficient (Wildman–Crippen LogP) is 5.49. The van der Waals surface area contributed by atoms with Crippen molar-refractivity contribution < 1.29 is 22.6 Å². The molecule has 0 aliphatic heterocycles. The molecule has 136 valence electrons. The highest BCUT2D eigenvalue weighted by Crippen LogP contribution is 2.42. The number of methoxy groups -OCH3 is 1. The van der Waals surface area contributed by atoms with Crippen LogP contribution in [-0.4, -0.2) is 19.1 Å². The van der Waals surface area contributed by atoms with Crippen molar-refractivity contribution in [3.63, 3.8) is 0 Å². The summed E-state index contributed by atoms with van der Waals surface area (Å²) < 4.78 is 46.3. The summed E-state index contributed by atoms with van der Waals surface area (Å²) >= 11 is 0. The van der Waals surface area contributed by atoms with Crippen molar-refractivity contribution in [3.05, 3.63) is 42.0 Å². The van der Waals surface area contributed by atoms with Gasteiger partial charge in [0, 0.05) is 13.2 Å². The van der Waals surface area contributed by atoms with Gasteiger partial charge >= 0.3 is 6.36 Å². The van der Waals surface area contributed by atoms with Gasteiger partial charge in [-0.05, 0) is 62.1 Å². The van der Waals surface area contributed by atoms with Crippen LogP contribution in [-0.2, 0) is 4.74 Å². The lowest BCUT2D eigenvalue weighted by molar-refractivity contribution is -0.274. The van der Waals surface area contributed by atoms with Gasteiger partial charge in [-0.2, -0.15) is 5.26 Å². The van der Waals surface area contributed by atoms with E-state index in [1.165, 1.54) is 18.2 Å². The van der Waals surface area contributed by atoms with E-state index in [0.29, 0.717) is 5.92 Å². The third-order valence-corrected chi connectivity index (χ3v) is 4.87. The third-order valence-electron chi connectivity index (χ3n) is 4.87. The first kappa shape index (κ1) is 19.3. The normalized spacial score (nSPS) is 24.2. The Kier molecular flexibility index (Phi) is 6.49. The van der Waals surface area contributed by atoms with E-state index in [1.807, 2.05) is 12.1 Å². The minimum Gasteiger partial charge on any atom is -0.406 e. The molecule has 0 aromatic heterocycles. The quantitative estimate of drug-likeness (QED) is 0.635. The second kappa shape index (κ2) is 8.39. The number of hydrogen-bond donors (Lipinski definition) is 0. The molecule has 0 saturated heterocycles. The minimum absolute atomic E-state index is 0.171. The smallest absolute Gasteiger partial charge is 0.406 e. The maximum Gasteiger partial charge on any atom is 0.573 e. The van der Waals surface area contributed by atoms with Crippen molar-refractivity contribution in [2.75, 3.05) is 7.11 Å². The van der Waals surface area contributed by atoms with Crippen LogP contribution in [0.3, 0.4) is 0 Å². The first-order chi connectivity index (χ1) is 11.9. The van der Waals surface area contributed by atoms with Crippen LogP contribution in [0.15, 0.2) is 36.4 Å². The zero-order valence-corrected chi connectivity index (χ0v) is 14.2. The van der Waals surface area contributed by atoms with Gasteiger partial charge in [-0.1, -0.05) is 18.2 Å². The molecule has 0 amide bonds. The van der Waals surface area contributed by atoms with Crippen LogP contribution in [0, 0.1) is 11.3 Å². The van der Waals surface area contributed by atoms with Gasteiger partial charge in [0.1, 0.15) is 5.75 Å². The van der Waals surface area contributed by atoms with E-state index in [1.54, 1.807) is 19.2 Å². The van der Waals surface area contributed by atoms with Gasteiger partial charge in [0.2, 0.25) is 0 Å². The molecule has 0 bridgehead atoms. The fraction of sp³-hybridized carbons (Fsp3) is 0.526. The average Bonchev–Trinajstić information content (AvgIpc) is 2.59. The van der Waals surface area contributed by atoms with Crippen LogP contribution in [0.25, 0.3) is 0 Å². The minimum atomic E-state index is -4.66. The van der Waals surface area contributed by atoms with Gasteiger partial charge in [0.05, 0.1) is 11.7 Å². The molecule has 0 atom stereocenters. The monoisotopic (exact) mass is 353 g/mol. The number of allylic oxidation sites excluding steroid dienone is 2. The highest BCUT2D eigenvalue weighted by molar-refractivity contribution is 5.30. The second-order valence-corrected chi connectivity index (χ2v) is 6.35. The van der Waals surface area contributed by atoms with E-state index in [4.69, 9.17) is 10.00 Å². The van der Waals surface area contributed by atoms with E-state index in [9.17, 15) is 13.2 Å². The zero-order chi connectivity index (χ0) is 18.3. The second-order valence-electron chi connectivity index (χ2n) is 6.35. The average molecular weight is 353 g/mol. The fourth-order valence-electron chi connectivity index (χ4n) is 3.46. The number of nitriles is 1. The lowest BCUT2D eigenvalue weighted by Crippen LogP contribution is -2.35. The molecule has 25 heavy (non-hydrogen) atoms. The number of ether oxygens (including phenoxy) is 2. The summed E-state index contributed by atoms with van der Waals surface area (Å²) in [5.41, 5.74) is 0.860. The molecule has 0 radical (unpaired) electrons. The molecule has 3 nitrogen and oxygen atoms in total. The number of halogens is 3. The Morgan fingerprint density at radius 2 is 1.88 bits per heavy atom. The SMILES string of the molecule is CO[C@]1(CCC=CC#N)CC[C@H](c2ccc(OC(F)(F)F)cc2)CC1. The molecule has 6 heteroatoms. The fourth-order valence-corrected chi connectivity index (χ4v) is 3.46. The number of alkyl halides is 3. The maximum absolute atomic E-state index is 12.2. The molecule has 0 spiro atoms. The van der Waals surface area contributed by atoms with Crippen LogP contribution in [0.5, 0.6) is 5.75 Å². The van der Waals surface area contributed by atoms with Crippen molar-refractivity contribution in [1.82, 2.24) is 0 Å². The molecule has 1 aromatic carbocycles. The Morgan fingerprint density at radius 1 is 1.24 bits per heavy atom. The van der Waals surface area contributed by atoms with Crippen molar-refractivity contribution in [3.8, 4) is 11.8 Å². The summed E-state index contributed by atoms with van der Waals surface area (Å²) in [4.78, 5) is 0. The van der Waals surface area contributed by atoms with Crippen molar-refractivity contribution >= 4 is 0 Å². The summed E-state index contributed by atoms with van der Waals surface area (Å²) in [7, 11) is 1.72. The number of rotatable bonds is 6. The first-order valence-electron chi connectivity index (χ1n) is 8.33. The topological polar surface area (TPSA) is 42.2 Å². The van der Waals surface area contributed by atoms with Crippen LogP contribution in [0.4, 0.5) is 13.2 Å². The van der Waals surface area contributed by atoms with Crippen molar-refractivity contribution in [2.45, 2.75) is 56.4 Å². The van der Waals surface area contributed by atoms with Gasteiger partial charge in [-0.3, -0.25) is 0 Å². The first-order valence-corrected chi connectivity index (χ1v) is 8.33. The van der Waals surface area contributed by atoms with Crippen molar-refractivity contribution in [2.24, 2.45) is 0 Å². The van der Waals surface area contributed by atoms with Crippen LogP contribution >= 0.6 is 0 Å². The maximum atomic E-state index is 12.2. The predicted molar refractivity (Wildman–Crippen MR) is 88.1 cm³/mol. The summed E-state index contributed by atoms with van der Waals surface area (Å²) in [6, 6.07) is 8.14. The Bertz CT molecular complexity index is 609. The Labute approximate surface area is 146 Å². The standard InChI is InChI=1S/C19H22F3NO2/c1-24-18(11-3-2-4-14-23)12-9-16(10-13-18)15-5-7-17(8-6-15)25-19(20,21)22/h2,4-8,16H,3,9-13H2,1H3/t16-,18+. The van der Waals surface area contributed by atoms with E-state index in [-0.39, 0.29) is 11.4 Å². The summed E-state index contributed by atoms with van der Waals surface area (Å²) in [6.45, 7) is 0.